The van der Waals surface area contributed by atoms with Crippen LogP contribution in [0, 0.1) is 12.8 Å². The highest BCUT2D eigenvalue weighted by Gasteiger charge is 2.40. The molecule has 3 unspecified atom stereocenters. The van der Waals surface area contributed by atoms with Crippen LogP contribution >= 0.6 is 11.6 Å². The zero-order chi connectivity index (χ0) is 20.1. The topological polar surface area (TPSA) is 89.1 Å². The molecule has 0 spiro atoms. The van der Waals surface area contributed by atoms with E-state index in [-0.39, 0.29) is 24.3 Å². The van der Waals surface area contributed by atoms with E-state index in [4.69, 9.17) is 16.3 Å². The number of aliphatic hydroxyl groups is 1. The van der Waals surface area contributed by atoms with Gasteiger partial charge in [0.05, 0.1) is 30.6 Å². The van der Waals surface area contributed by atoms with Crippen molar-refractivity contribution < 1.29 is 14.6 Å². The van der Waals surface area contributed by atoms with Gasteiger partial charge in [0.2, 0.25) is 0 Å². The molecule has 29 heavy (non-hydrogen) atoms. The van der Waals surface area contributed by atoms with Crippen LogP contribution in [0.4, 0.5) is 5.69 Å². The highest BCUT2D eigenvalue weighted by atomic mass is 35.5. The summed E-state index contributed by atoms with van der Waals surface area (Å²) in [6.07, 6.45) is 2.74. The fourth-order valence-electron chi connectivity index (χ4n) is 4.33. The largest absolute Gasteiger partial charge is 0.388 e. The van der Waals surface area contributed by atoms with Gasteiger partial charge in [-0.3, -0.25) is 20.0 Å². The fourth-order valence-corrected chi connectivity index (χ4v) is 4.61. The average Bonchev–Trinajstić information content (AvgIpc) is 3.47. The van der Waals surface area contributed by atoms with Crippen LogP contribution in [0.5, 0.6) is 0 Å². The summed E-state index contributed by atoms with van der Waals surface area (Å²) in [6, 6.07) is 3.71. The van der Waals surface area contributed by atoms with Crippen LogP contribution in [0.15, 0.2) is 23.9 Å². The van der Waals surface area contributed by atoms with Crippen molar-refractivity contribution in [1.82, 2.24) is 21.0 Å². The van der Waals surface area contributed by atoms with E-state index >= 15 is 0 Å². The minimum absolute atomic E-state index is 0.101. The highest BCUT2D eigenvalue weighted by Crippen LogP contribution is 2.45. The third kappa shape index (κ3) is 3.65. The van der Waals surface area contributed by atoms with Gasteiger partial charge in [0, 0.05) is 29.9 Å². The van der Waals surface area contributed by atoms with Crippen LogP contribution in [0.1, 0.15) is 30.1 Å². The number of amides is 1. The van der Waals surface area contributed by atoms with Crippen molar-refractivity contribution in [3.63, 3.8) is 0 Å². The van der Waals surface area contributed by atoms with Crippen LogP contribution < -0.4 is 21.1 Å². The molecule has 5 rings (SSSR count). The summed E-state index contributed by atoms with van der Waals surface area (Å²) in [4.78, 5) is 14.9. The van der Waals surface area contributed by atoms with Crippen LogP contribution in [0.2, 0.25) is 5.02 Å². The molecule has 1 aromatic rings. The molecule has 8 nitrogen and oxygen atoms in total. The number of anilines is 1. The first-order valence-electron chi connectivity index (χ1n) is 10.1. The van der Waals surface area contributed by atoms with Crippen molar-refractivity contribution in [1.29, 1.82) is 0 Å². The predicted octanol–water partition coefficient (Wildman–Crippen LogP) is 0.962. The Balaban J connectivity index is 1.41. The van der Waals surface area contributed by atoms with Crippen LogP contribution in [-0.4, -0.2) is 54.7 Å². The van der Waals surface area contributed by atoms with E-state index in [1.807, 2.05) is 30.3 Å². The molecule has 3 aliphatic heterocycles. The van der Waals surface area contributed by atoms with Gasteiger partial charge in [0.15, 0.2) is 0 Å². The molecule has 4 aliphatic rings. The summed E-state index contributed by atoms with van der Waals surface area (Å²) in [6.45, 7) is 4.82. The Morgan fingerprint density at radius 2 is 2.03 bits per heavy atom. The molecular formula is C20H26ClN5O3. The lowest BCUT2D eigenvalue weighted by Crippen LogP contribution is -2.68. The molecule has 4 N–H and O–H groups in total. The second-order valence-electron chi connectivity index (χ2n) is 8.15. The Hall–Kier alpha value is -1.68. The third-order valence-corrected chi connectivity index (χ3v) is 6.25. The maximum atomic E-state index is 12.8. The van der Waals surface area contributed by atoms with Gasteiger partial charge in [-0.05, 0) is 43.4 Å². The number of hydrazine groups is 1. The number of halogens is 1. The maximum absolute atomic E-state index is 12.8. The number of nitrogens with zero attached hydrogens (tertiary/aromatic N) is 2. The van der Waals surface area contributed by atoms with Crippen molar-refractivity contribution in [2.75, 3.05) is 31.3 Å². The standard InChI is InChI=1S/C20H26ClN5O3/c1-11-8-13(21)9-14(17(27)12-2-3-12)16(11)26-10-15-18(24-26)22-20(23-19(15)28)25-4-6-29-7-5-25/h8-10,12,17-18,20,22,24,27H,2-7H2,1H3,(H,23,28). The van der Waals surface area contributed by atoms with Gasteiger partial charge >= 0.3 is 0 Å². The molecule has 1 aliphatic carbocycles. The normalized spacial score (nSPS) is 28.7. The molecule has 1 amide bonds. The molecule has 0 aromatic heterocycles. The van der Waals surface area contributed by atoms with Crippen LogP contribution in [0.25, 0.3) is 0 Å². The van der Waals surface area contributed by atoms with Crippen molar-refractivity contribution in [2.24, 2.45) is 5.92 Å². The number of rotatable bonds is 4. The number of morpholine rings is 1. The Bertz CT molecular complexity index is 853. The summed E-state index contributed by atoms with van der Waals surface area (Å²) in [7, 11) is 0. The van der Waals surface area contributed by atoms with E-state index in [9.17, 15) is 9.90 Å². The van der Waals surface area contributed by atoms with Gasteiger partial charge in [0.1, 0.15) is 12.5 Å². The van der Waals surface area contributed by atoms with E-state index in [1.165, 1.54) is 0 Å². The maximum Gasteiger partial charge on any atom is 0.254 e. The lowest BCUT2D eigenvalue weighted by Gasteiger charge is -2.40. The number of ether oxygens (including phenoxy) is 1. The number of hydrogen-bond donors (Lipinski definition) is 4. The number of aryl methyl sites for hydroxylation is 1. The first-order chi connectivity index (χ1) is 14.0. The van der Waals surface area contributed by atoms with Gasteiger partial charge < -0.3 is 15.2 Å². The van der Waals surface area contributed by atoms with E-state index in [0.29, 0.717) is 23.8 Å². The van der Waals surface area contributed by atoms with E-state index in [0.717, 1.165) is 42.7 Å². The number of carbonyl (C=O) groups excluding carboxylic acids is 1. The number of nitrogens with one attached hydrogen (secondary N) is 3. The third-order valence-electron chi connectivity index (χ3n) is 6.04. The van der Waals surface area contributed by atoms with Crippen molar-refractivity contribution >= 4 is 23.2 Å². The molecule has 0 radical (unpaired) electrons. The quantitative estimate of drug-likeness (QED) is 0.578. The number of fused-ring (bicyclic) bond motifs is 1. The lowest BCUT2D eigenvalue weighted by molar-refractivity contribution is -0.123. The molecule has 3 fully saturated rings. The van der Waals surface area contributed by atoms with Crippen molar-refractivity contribution in [3.8, 4) is 0 Å². The minimum atomic E-state index is -0.562. The Labute approximate surface area is 174 Å². The first-order valence-corrected chi connectivity index (χ1v) is 10.5. The molecule has 3 heterocycles. The van der Waals surface area contributed by atoms with E-state index in [1.54, 1.807) is 0 Å². The Morgan fingerprint density at radius 3 is 2.76 bits per heavy atom. The second-order valence-corrected chi connectivity index (χ2v) is 8.59. The molecule has 1 aromatic carbocycles. The molecular weight excluding hydrogens is 394 g/mol. The summed E-state index contributed by atoms with van der Waals surface area (Å²) in [5.74, 6) is 0.174. The summed E-state index contributed by atoms with van der Waals surface area (Å²) < 4.78 is 5.41. The SMILES string of the molecule is Cc1cc(Cl)cc(C(O)C2CC2)c1N1C=C2C(=O)NC(N3CCOCC3)NC2N1. The monoisotopic (exact) mass is 419 g/mol. The molecule has 3 atom stereocenters. The van der Waals surface area contributed by atoms with Crippen molar-refractivity contribution in [3.05, 3.63) is 40.1 Å². The number of hydrogen-bond acceptors (Lipinski definition) is 7. The summed E-state index contributed by atoms with van der Waals surface area (Å²) in [5.41, 5.74) is 6.60. The van der Waals surface area contributed by atoms with Gasteiger partial charge in [-0.25, -0.2) is 5.43 Å². The van der Waals surface area contributed by atoms with Crippen LogP contribution in [0.3, 0.4) is 0 Å². The van der Waals surface area contributed by atoms with Gasteiger partial charge in [0.25, 0.3) is 5.91 Å². The Kier molecular flexibility index (Phi) is 5.01. The lowest BCUT2D eigenvalue weighted by atomic mass is 9.99. The fraction of sp³-hybridized carbons (Fsp3) is 0.550. The first kappa shape index (κ1) is 19.3. The zero-order valence-electron chi connectivity index (χ0n) is 16.3. The average molecular weight is 420 g/mol. The Morgan fingerprint density at radius 1 is 1.28 bits per heavy atom. The number of benzene rings is 1. The van der Waals surface area contributed by atoms with Gasteiger partial charge in [-0.15, -0.1) is 0 Å². The highest BCUT2D eigenvalue weighted by molar-refractivity contribution is 6.30. The van der Waals surface area contributed by atoms with E-state index < -0.39 is 6.10 Å². The van der Waals surface area contributed by atoms with Gasteiger partial charge in [-0.2, -0.15) is 0 Å². The van der Waals surface area contributed by atoms with E-state index in [2.05, 4.69) is 21.0 Å². The zero-order valence-corrected chi connectivity index (χ0v) is 17.1. The number of carbonyl (C=O) groups is 1. The molecule has 1 saturated carbocycles. The van der Waals surface area contributed by atoms with Gasteiger partial charge in [-0.1, -0.05) is 11.6 Å². The predicted molar refractivity (Wildman–Crippen MR) is 109 cm³/mol. The van der Waals surface area contributed by atoms with Crippen molar-refractivity contribution in [2.45, 2.75) is 38.3 Å². The minimum Gasteiger partial charge on any atom is -0.388 e. The smallest absolute Gasteiger partial charge is 0.254 e. The van der Waals surface area contributed by atoms with Crippen LogP contribution in [-0.2, 0) is 9.53 Å². The molecule has 0 bridgehead atoms. The molecule has 156 valence electrons. The summed E-state index contributed by atoms with van der Waals surface area (Å²) >= 11 is 6.29. The number of aliphatic hydroxyl groups excluding tert-OH is 1. The molecule has 2 saturated heterocycles. The summed E-state index contributed by atoms with van der Waals surface area (Å²) in [5, 5.41) is 19.8. The molecule has 9 heteroatoms. The second kappa shape index (κ2) is 7.54.